The highest BCUT2D eigenvalue weighted by atomic mass is 19.2. The van der Waals surface area contributed by atoms with Crippen molar-refractivity contribution in [1.82, 2.24) is 24.6 Å². The minimum atomic E-state index is -1.01. The lowest BCUT2D eigenvalue weighted by molar-refractivity contribution is -0.110. The highest BCUT2D eigenvalue weighted by Crippen LogP contribution is 2.34. The molecule has 210 valence electrons. The molecule has 0 aliphatic carbocycles. The van der Waals surface area contributed by atoms with Crippen LogP contribution in [0.3, 0.4) is 0 Å². The van der Waals surface area contributed by atoms with E-state index >= 15 is 0 Å². The fourth-order valence-electron chi connectivity index (χ4n) is 4.66. The predicted molar refractivity (Wildman–Crippen MR) is 151 cm³/mol. The number of H-pyrrole nitrogens is 1. The van der Waals surface area contributed by atoms with Crippen LogP contribution in [0, 0.1) is 18.6 Å². The molecule has 4 aromatic rings. The van der Waals surface area contributed by atoms with Crippen molar-refractivity contribution in [1.29, 1.82) is 0 Å². The summed E-state index contributed by atoms with van der Waals surface area (Å²) >= 11 is 0. The Morgan fingerprint density at radius 3 is 2.71 bits per heavy atom. The predicted octanol–water partition coefficient (Wildman–Crippen LogP) is 2.94. The van der Waals surface area contributed by atoms with E-state index in [2.05, 4.69) is 20.6 Å². The number of imidazole rings is 1. The number of nitrogens with one attached hydrogen (secondary N) is 3. The molecule has 0 saturated carbocycles. The zero-order chi connectivity index (χ0) is 29.3. The van der Waals surface area contributed by atoms with Gasteiger partial charge in [0.1, 0.15) is 5.56 Å². The van der Waals surface area contributed by atoms with Crippen molar-refractivity contribution >= 4 is 35.2 Å². The fraction of sp³-hybridized carbons (Fsp3) is 0.172. The molecule has 2 aromatic heterocycles. The van der Waals surface area contributed by atoms with Crippen LogP contribution in [0.4, 0.5) is 14.5 Å². The monoisotopic (exact) mass is 559 g/mol. The summed E-state index contributed by atoms with van der Waals surface area (Å²) in [6.07, 6.45) is 6.73. The molecule has 5 rings (SSSR count). The molecule has 1 aliphatic heterocycles. The van der Waals surface area contributed by atoms with Crippen molar-refractivity contribution in [2.45, 2.75) is 20.0 Å². The van der Waals surface area contributed by atoms with Gasteiger partial charge < -0.3 is 21.4 Å². The molecule has 2 amide bonds. The Morgan fingerprint density at radius 2 is 1.95 bits per heavy atom. The second-order valence-electron chi connectivity index (χ2n) is 9.50. The summed E-state index contributed by atoms with van der Waals surface area (Å²) in [5.74, 6) is -2.78. The van der Waals surface area contributed by atoms with Gasteiger partial charge in [0, 0.05) is 37.1 Å². The molecule has 0 unspecified atom stereocenters. The quantitative estimate of drug-likeness (QED) is 0.246. The minimum Gasteiger partial charge on any atom is -0.348 e. The number of nitrogens with zero attached hydrogens (tertiary/aromatic N) is 3. The van der Waals surface area contributed by atoms with Crippen molar-refractivity contribution in [3.05, 3.63) is 110 Å². The van der Waals surface area contributed by atoms with E-state index in [0.717, 1.165) is 29.0 Å². The molecule has 2 aromatic carbocycles. The topological polar surface area (TPSA) is 140 Å². The highest BCUT2D eigenvalue weighted by molar-refractivity contribution is 6.34. The van der Waals surface area contributed by atoms with Crippen molar-refractivity contribution in [2.24, 2.45) is 12.8 Å². The van der Waals surface area contributed by atoms with Crippen LogP contribution < -0.4 is 21.9 Å². The van der Waals surface area contributed by atoms with Crippen molar-refractivity contribution in [3.63, 3.8) is 0 Å². The van der Waals surface area contributed by atoms with Crippen LogP contribution in [0.15, 0.2) is 53.6 Å². The van der Waals surface area contributed by atoms with E-state index in [-0.39, 0.29) is 31.1 Å². The third-order valence-corrected chi connectivity index (χ3v) is 6.96. The van der Waals surface area contributed by atoms with Gasteiger partial charge in [-0.15, -0.1) is 0 Å². The lowest BCUT2D eigenvalue weighted by Crippen LogP contribution is -2.31. The molecular formula is C29H27F2N7O3. The van der Waals surface area contributed by atoms with Gasteiger partial charge in [0.15, 0.2) is 11.6 Å². The first-order chi connectivity index (χ1) is 19.7. The number of hydrogen-bond acceptors (Lipinski definition) is 5. The number of carbonyl (C=O) groups is 2. The van der Waals surface area contributed by atoms with Gasteiger partial charge in [0.2, 0.25) is 0 Å². The van der Waals surface area contributed by atoms with Crippen LogP contribution in [-0.2, 0) is 24.9 Å². The molecule has 0 saturated heterocycles. The number of carbonyl (C=O) groups excluding carboxylic acids is 2. The maximum absolute atomic E-state index is 13.6. The summed E-state index contributed by atoms with van der Waals surface area (Å²) in [7, 11) is 1.62. The molecule has 3 heterocycles. The van der Waals surface area contributed by atoms with E-state index in [1.54, 1.807) is 32.2 Å². The van der Waals surface area contributed by atoms with Crippen molar-refractivity contribution < 1.29 is 18.4 Å². The van der Waals surface area contributed by atoms with Crippen LogP contribution >= 0.6 is 0 Å². The maximum Gasteiger partial charge on any atom is 0.280 e. The molecule has 0 spiro atoms. The number of anilines is 1. The second-order valence-corrected chi connectivity index (χ2v) is 9.50. The molecule has 0 atom stereocenters. The van der Waals surface area contributed by atoms with Gasteiger partial charge in [0.05, 0.1) is 29.8 Å². The molecule has 0 radical (unpaired) electrons. The fourth-order valence-corrected chi connectivity index (χ4v) is 4.66. The van der Waals surface area contributed by atoms with Crippen molar-refractivity contribution in [3.8, 4) is 0 Å². The average Bonchev–Trinajstić information content (AvgIpc) is 3.59. The first-order valence-corrected chi connectivity index (χ1v) is 12.7. The van der Waals surface area contributed by atoms with Crippen LogP contribution in [0.2, 0.25) is 0 Å². The second kappa shape index (κ2) is 11.2. The molecule has 10 nitrogen and oxygen atoms in total. The molecule has 0 bridgehead atoms. The van der Waals surface area contributed by atoms with Gasteiger partial charge in [-0.1, -0.05) is 30.4 Å². The number of nitrogens with two attached hydrogens (primary N) is 1. The zero-order valence-electron chi connectivity index (χ0n) is 22.3. The third kappa shape index (κ3) is 5.37. The number of aromatic nitrogens is 4. The van der Waals surface area contributed by atoms with Crippen molar-refractivity contribution in [2.75, 3.05) is 11.9 Å². The highest BCUT2D eigenvalue weighted by Gasteiger charge is 2.25. The largest absolute Gasteiger partial charge is 0.348 e. The Kier molecular flexibility index (Phi) is 7.49. The van der Waals surface area contributed by atoms with E-state index in [4.69, 9.17) is 5.73 Å². The normalized spacial score (nSPS) is 13.7. The van der Waals surface area contributed by atoms with E-state index in [1.165, 1.54) is 21.8 Å². The molecule has 5 N–H and O–H groups in total. The Labute approximate surface area is 233 Å². The first kappa shape index (κ1) is 27.5. The van der Waals surface area contributed by atoms with E-state index in [9.17, 15) is 23.2 Å². The summed E-state index contributed by atoms with van der Waals surface area (Å²) in [5, 5.41) is 5.57. The Hall–Kier alpha value is -5.10. The van der Waals surface area contributed by atoms with Crippen LogP contribution in [0.1, 0.15) is 44.1 Å². The maximum atomic E-state index is 13.6. The summed E-state index contributed by atoms with van der Waals surface area (Å²) in [6.45, 7) is 2.02. The first-order valence-electron chi connectivity index (χ1n) is 12.7. The van der Waals surface area contributed by atoms with Crippen LogP contribution in [-0.4, -0.2) is 37.7 Å². The number of amides is 2. The van der Waals surface area contributed by atoms with Gasteiger partial charge in [0.25, 0.3) is 17.4 Å². The molecule has 12 heteroatoms. The lowest BCUT2D eigenvalue weighted by Gasteiger charge is -2.08. The van der Waals surface area contributed by atoms with E-state index < -0.39 is 23.1 Å². The molecule has 0 fully saturated rings. The number of benzene rings is 2. The van der Waals surface area contributed by atoms with Gasteiger partial charge >= 0.3 is 0 Å². The van der Waals surface area contributed by atoms with Gasteiger partial charge in [-0.3, -0.25) is 19.1 Å². The number of aromatic amines is 1. The van der Waals surface area contributed by atoms with Gasteiger partial charge in [-0.2, -0.15) is 0 Å². The van der Waals surface area contributed by atoms with Gasteiger partial charge in [-0.25, -0.2) is 18.4 Å². The average molecular weight is 560 g/mol. The number of rotatable bonds is 8. The molecular weight excluding hydrogens is 532 g/mol. The summed E-state index contributed by atoms with van der Waals surface area (Å²) < 4.78 is 29.7. The number of halogens is 2. The standard InChI is InChI=1S/C29H27F2N7O3/c1-16-26(29(41)38(37(16)2)14-18-6-8-21(30)22(31)10-18)28(40)33-9-3-4-17-5-7-19-20(27(39)36-23(19)11-17)12-24-25(13-32)35-15-34-24/h3-8,10-12,15H,9,13-14,32H2,1-2H3,(H,33,40)(H,34,35)(H,36,39)/b4-3+,20-12-. The summed E-state index contributed by atoms with van der Waals surface area (Å²) in [4.78, 5) is 45.6. The molecule has 41 heavy (non-hydrogen) atoms. The summed E-state index contributed by atoms with van der Waals surface area (Å²) in [5.41, 5.74) is 9.98. The van der Waals surface area contributed by atoms with Crippen LogP contribution in [0.25, 0.3) is 17.7 Å². The van der Waals surface area contributed by atoms with Crippen LogP contribution in [0.5, 0.6) is 0 Å². The number of fused-ring (bicyclic) bond motifs is 1. The summed E-state index contributed by atoms with van der Waals surface area (Å²) in [6, 6.07) is 8.89. The number of hydrogen-bond donors (Lipinski definition) is 4. The Balaban J connectivity index is 1.26. The van der Waals surface area contributed by atoms with Gasteiger partial charge in [-0.05, 0) is 42.3 Å². The zero-order valence-corrected chi connectivity index (χ0v) is 22.3. The Bertz CT molecular complexity index is 1800. The SMILES string of the molecule is Cc1c(C(=O)NC/C=C/c2ccc3c(c2)NC(=O)/C3=C\c2nc[nH]c2CN)c(=O)n(Cc2ccc(F)c(F)c2)n1C. The molecule has 1 aliphatic rings. The smallest absolute Gasteiger partial charge is 0.280 e. The third-order valence-electron chi connectivity index (χ3n) is 6.96. The Morgan fingerprint density at radius 1 is 1.15 bits per heavy atom. The lowest BCUT2D eigenvalue weighted by atomic mass is 10.0. The van der Waals surface area contributed by atoms with E-state index in [1.807, 2.05) is 18.2 Å². The minimum absolute atomic E-state index is 0.0256. The van der Waals surface area contributed by atoms with E-state index in [0.29, 0.717) is 28.2 Å².